The highest BCUT2D eigenvalue weighted by molar-refractivity contribution is 5.70. The largest absolute Gasteiger partial charge is 0.481 e. The van der Waals surface area contributed by atoms with E-state index in [1.807, 2.05) is 12.1 Å². The van der Waals surface area contributed by atoms with E-state index in [1.54, 1.807) is 13.3 Å². The van der Waals surface area contributed by atoms with Crippen LogP contribution in [0.2, 0.25) is 0 Å². The molecule has 1 atom stereocenters. The normalized spacial score (nSPS) is 13.4. The number of nitrogens with zero attached hydrogens (tertiary/aromatic N) is 2. The van der Waals surface area contributed by atoms with Gasteiger partial charge in [0.15, 0.2) is 0 Å². The number of ether oxygens (including phenoxy) is 1. The molecule has 0 radical (unpaired) electrons. The van der Waals surface area contributed by atoms with E-state index in [0.717, 1.165) is 29.9 Å². The number of rotatable bonds is 8. The number of carbonyl (C=O) groups excluding carboxylic acids is 1. The number of carboxylic acids is 1. The van der Waals surface area contributed by atoms with E-state index in [2.05, 4.69) is 27.0 Å². The van der Waals surface area contributed by atoms with E-state index in [4.69, 9.17) is 4.74 Å². The van der Waals surface area contributed by atoms with Crippen molar-refractivity contribution >= 4 is 12.1 Å². The van der Waals surface area contributed by atoms with E-state index in [1.165, 1.54) is 5.56 Å². The molecule has 0 aliphatic carbocycles. The zero-order valence-corrected chi connectivity index (χ0v) is 15.5. The maximum atomic E-state index is 11.7. The van der Waals surface area contributed by atoms with Crippen LogP contribution in [-0.4, -0.2) is 39.9 Å². The number of aliphatic carboxylic acids is 1. The first kappa shape index (κ1) is 18.9. The molecule has 0 unspecified atom stereocenters. The zero-order valence-electron chi connectivity index (χ0n) is 15.5. The van der Waals surface area contributed by atoms with Gasteiger partial charge in [-0.3, -0.25) is 4.79 Å². The van der Waals surface area contributed by atoms with Crippen molar-refractivity contribution in [1.82, 2.24) is 14.9 Å². The SMILES string of the molecule is CCOC(=O)NCCC[C@@H](Cc1ncn2c1CCc1ccccc1-2)C(=O)O. The second-order valence-electron chi connectivity index (χ2n) is 6.67. The van der Waals surface area contributed by atoms with Gasteiger partial charge in [0.25, 0.3) is 0 Å². The minimum atomic E-state index is -0.830. The number of fused-ring (bicyclic) bond motifs is 3. The molecule has 2 heterocycles. The van der Waals surface area contributed by atoms with Crippen LogP contribution < -0.4 is 5.32 Å². The first-order valence-electron chi connectivity index (χ1n) is 9.37. The van der Waals surface area contributed by atoms with Crippen LogP contribution >= 0.6 is 0 Å². The second kappa shape index (κ2) is 8.70. The molecular formula is C20H25N3O4. The van der Waals surface area contributed by atoms with Gasteiger partial charge in [0, 0.05) is 24.3 Å². The molecule has 2 N–H and O–H groups in total. The Morgan fingerprint density at radius 1 is 1.33 bits per heavy atom. The van der Waals surface area contributed by atoms with Crippen molar-refractivity contribution in [2.75, 3.05) is 13.2 Å². The van der Waals surface area contributed by atoms with Crippen LogP contribution in [-0.2, 0) is 28.8 Å². The molecule has 27 heavy (non-hydrogen) atoms. The maximum absolute atomic E-state index is 11.7. The molecular weight excluding hydrogens is 346 g/mol. The topological polar surface area (TPSA) is 93.5 Å². The van der Waals surface area contributed by atoms with Crippen LogP contribution in [0.5, 0.6) is 0 Å². The Kier molecular flexibility index (Phi) is 6.11. The maximum Gasteiger partial charge on any atom is 0.407 e. The van der Waals surface area contributed by atoms with E-state index in [0.29, 0.717) is 32.4 Å². The summed E-state index contributed by atoms with van der Waals surface area (Å²) >= 11 is 0. The number of alkyl carbamates (subject to hydrolysis) is 1. The van der Waals surface area contributed by atoms with Gasteiger partial charge in [-0.05, 0) is 44.2 Å². The summed E-state index contributed by atoms with van der Waals surface area (Å²) in [5.41, 5.74) is 4.37. The number of benzene rings is 1. The number of carbonyl (C=O) groups is 2. The summed E-state index contributed by atoms with van der Waals surface area (Å²) in [6, 6.07) is 8.23. The standard InChI is InChI=1S/C20H25N3O4/c1-2-27-20(26)21-11-5-7-15(19(24)25)12-16-18-10-9-14-6-3-4-8-17(14)23(18)13-22-16/h3-4,6,8,13,15H,2,5,7,9-12H2,1H3,(H,21,26)(H,24,25)/t15-/m0/s1. The number of nitrogens with one attached hydrogen (secondary N) is 1. The van der Waals surface area contributed by atoms with Gasteiger partial charge in [0.1, 0.15) is 0 Å². The third-order valence-electron chi connectivity index (χ3n) is 4.90. The Bertz CT molecular complexity index is 815. The molecule has 0 saturated heterocycles. The van der Waals surface area contributed by atoms with Crippen molar-refractivity contribution < 1.29 is 19.4 Å². The third-order valence-corrected chi connectivity index (χ3v) is 4.90. The molecule has 2 aromatic rings. The lowest BCUT2D eigenvalue weighted by atomic mass is 9.94. The van der Waals surface area contributed by atoms with Crippen molar-refractivity contribution in [2.45, 2.75) is 39.0 Å². The summed E-state index contributed by atoms with van der Waals surface area (Å²) in [6.45, 7) is 2.46. The Labute approximate surface area is 158 Å². The number of aryl methyl sites for hydroxylation is 1. The molecule has 1 aliphatic rings. The van der Waals surface area contributed by atoms with Crippen LogP contribution in [0.3, 0.4) is 0 Å². The highest BCUT2D eigenvalue weighted by atomic mass is 16.5. The molecule has 0 fully saturated rings. The molecule has 1 aromatic heterocycles. The van der Waals surface area contributed by atoms with E-state index in [-0.39, 0.29) is 0 Å². The van der Waals surface area contributed by atoms with E-state index >= 15 is 0 Å². The Morgan fingerprint density at radius 3 is 2.93 bits per heavy atom. The monoisotopic (exact) mass is 371 g/mol. The molecule has 7 heteroatoms. The highest BCUT2D eigenvalue weighted by Gasteiger charge is 2.24. The molecule has 3 rings (SSSR count). The molecule has 7 nitrogen and oxygen atoms in total. The summed E-state index contributed by atoms with van der Waals surface area (Å²) in [7, 11) is 0. The fourth-order valence-electron chi connectivity index (χ4n) is 3.53. The number of hydrogen-bond acceptors (Lipinski definition) is 4. The molecule has 0 bridgehead atoms. The van der Waals surface area contributed by atoms with Crippen LogP contribution in [0.4, 0.5) is 4.79 Å². The molecule has 0 spiro atoms. The van der Waals surface area contributed by atoms with Crippen molar-refractivity contribution in [2.24, 2.45) is 5.92 Å². The summed E-state index contributed by atoms with van der Waals surface area (Å²) in [4.78, 5) is 27.5. The van der Waals surface area contributed by atoms with Gasteiger partial charge in [-0.15, -0.1) is 0 Å². The van der Waals surface area contributed by atoms with Crippen LogP contribution in [0.1, 0.15) is 36.7 Å². The summed E-state index contributed by atoms with van der Waals surface area (Å²) < 4.78 is 6.87. The van der Waals surface area contributed by atoms with E-state index in [9.17, 15) is 14.7 Å². The van der Waals surface area contributed by atoms with Gasteiger partial charge in [0.2, 0.25) is 0 Å². The number of para-hydroxylation sites is 1. The smallest absolute Gasteiger partial charge is 0.407 e. The minimum Gasteiger partial charge on any atom is -0.481 e. The second-order valence-corrected chi connectivity index (χ2v) is 6.67. The third kappa shape index (κ3) is 4.48. The number of aromatic nitrogens is 2. The lowest BCUT2D eigenvalue weighted by Gasteiger charge is -2.20. The van der Waals surface area contributed by atoms with Crippen molar-refractivity contribution in [3.63, 3.8) is 0 Å². The summed E-state index contributed by atoms with van der Waals surface area (Å²) in [6.07, 6.45) is 4.59. The van der Waals surface area contributed by atoms with Gasteiger partial charge in [0.05, 0.1) is 24.5 Å². The number of amides is 1. The fourth-order valence-corrected chi connectivity index (χ4v) is 3.53. The van der Waals surface area contributed by atoms with Crippen LogP contribution in [0.15, 0.2) is 30.6 Å². The van der Waals surface area contributed by atoms with Gasteiger partial charge < -0.3 is 19.7 Å². The molecule has 1 aromatic carbocycles. The number of imidazole rings is 1. The van der Waals surface area contributed by atoms with Crippen molar-refractivity contribution in [3.05, 3.63) is 47.5 Å². The van der Waals surface area contributed by atoms with Gasteiger partial charge >= 0.3 is 12.1 Å². The van der Waals surface area contributed by atoms with Gasteiger partial charge in [-0.1, -0.05) is 18.2 Å². The molecule has 0 saturated carbocycles. The Balaban J connectivity index is 1.62. The van der Waals surface area contributed by atoms with Crippen LogP contribution in [0.25, 0.3) is 5.69 Å². The zero-order chi connectivity index (χ0) is 19.2. The average Bonchev–Trinajstić information content (AvgIpc) is 3.07. The lowest BCUT2D eigenvalue weighted by molar-refractivity contribution is -0.142. The highest BCUT2D eigenvalue weighted by Crippen LogP contribution is 2.28. The average molecular weight is 371 g/mol. The fraction of sp³-hybridized carbons (Fsp3) is 0.450. The number of hydrogen-bond donors (Lipinski definition) is 2. The molecule has 144 valence electrons. The van der Waals surface area contributed by atoms with Gasteiger partial charge in [-0.25, -0.2) is 9.78 Å². The summed E-state index contributed by atoms with van der Waals surface area (Å²) in [5.74, 6) is -1.35. The van der Waals surface area contributed by atoms with E-state index < -0.39 is 18.0 Å². The first-order chi connectivity index (χ1) is 13.1. The van der Waals surface area contributed by atoms with Crippen LogP contribution in [0, 0.1) is 5.92 Å². The molecule has 1 amide bonds. The predicted octanol–water partition coefficient (Wildman–Crippen LogP) is 2.74. The Morgan fingerprint density at radius 2 is 2.15 bits per heavy atom. The number of carboxylic acid groups (broad SMARTS) is 1. The predicted molar refractivity (Wildman–Crippen MR) is 100 cm³/mol. The lowest BCUT2D eigenvalue weighted by Crippen LogP contribution is -2.26. The minimum absolute atomic E-state index is 0.318. The molecule has 1 aliphatic heterocycles. The quantitative estimate of drug-likeness (QED) is 0.696. The Hall–Kier alpha value is -2.83. The summed E-state index contributed by atoms with van der Waals surface area (Å²) in [5, 5.41) is 12.2. The van der Waals surface area contributed by atoms with Crippen molar-refractivity contribution in [3.8, 4) is 5.69 Å². The van der Waals surface area contributed by atoms with Crippen molar-refractivity contribution in [1.29, 1.82) is 0 Å². The van der Waals surface area contributed by atoms with Gasteiger partial charge in [-0.2, -0.15) is 0 Å². The first-order valence-corrected chi connectivity index (χ1v) is 9.37.